The average Bonchev–Trinajstić information content (AvgIpc) is 2.40. The summed E-state index contributed by atoms with van der Waals surface area (Å²) in [5.41, 5.74) is 1.15. The number of amides is 1. The van der Waals surface area contributed by atoms with Gasteiger partial charge in [0.25, 0.3) is 5.91 Å². The predicted octanol–water partition coefficient (Wildman–Crippen LogP) is 1.17. The molecule has 86 valence electrons. The number of hydrogen-bond acceptors (Lipinski definition) is 5. The molecular weight excluding hydrogens is 218 g/mol. The summed E-state index contributed by atoms with van der Waals surface area (Å²) in [5.74, 6) is -0.0305. The van der Waals surface area contributed by atoms with E-state index in [0.717, 1.165) is 0 Å². The molecule has 2 rings (SSSR count). The number of anilines is 2. The first-order chi connectivity index (χ1) is 8.31. The second kappa shape index (κ2) is 5.02. The molecule has 2 aromatic heterocycles. The normalized spacial score (nSPS) is 9.71. The van der Waals surface area contributed by atoms with Crippen LogP contribution in [0.2, 0.25) is 0 Å². The zero-order chi connectivity index (χ0) is 12.1. The number of aromatic nitrogens is 3. The lowest BCUT2D eigenvalue weighted by Gasteiger charge is -2.07. The van der Waals surface area contributed by atoms with Crippen LogP contribution in [0.1, 0.15) is 10.4 Å². The Labute approximate surface area is 98.1 Å². The molecule has 6 nitrogen and oxygen atoms in total. The van der Waals surface area contributed by atoms with E-state index < -0.39 is 0 Å². The number of hydrogen-bond donors (Lipinski definition) is 2. The molecule has 0 saturated carbocycles. The van der Waals surface area contributed by atoms with Crippen molar-refractivity contribution in [1.29, 1.82) is 0 Å². The molecule has 0 unspecified atom stereocenters. The fourth-order valence-corrected chi connectivity index (χ4v) is 1.33. The predicted molar refractivity (Wildman–Crippen MR) is 63.8 cm³/mol. The lowest BCUT2D eigenvalue weighted by Crippen LogP contribution is -2.15. The van der Waals surface area contributed by atoms with E-state index >= 15 is 0 Å². The van der Waals surface area contributed by atoms with Crippen LogP contribution in [0.25, 0.3) is 0 Å². The van der Waals surface area contributed by atoms with Crippen LogP contribution in [0.3, 0.4) is 0 Å². The molecule has 2 aromatic rings. The van der Waals surface area contributed by atoms with Gasteiger partial charge in [-0.05, 0) is 12.1 Å². The highest BCUT2D eigenvalue weighted by atomic mass is 16.1. The number of carbonyl (C=O) groups excluding carboxylic acids is 1. The molecule has 0 aliphatic heterocycles. The first-order valence-electron chi connectivity index (χ1n) is 5.01. The summed E-state index contributed by atoms with van der Waals surface area (Å²) in [6.07, 6.45) is 6.22. The van der Waals surface area contributed by atoms with Gasteiger partial charge in [-0.1, -0.05) is 0 Å². The van der Waals surface area contributed by atoms with E-state index in [1.807, 2.05) is 0 Å². The smallest absolute Gasteiger partial charge is 0.261 e. The van der Waals surface area contributed by atoms with Crippen molar-refractivity contribution in [2.45, 2.75) is 0 Å². The van der Waals surface area contributed by atoms with Crippen molar-refractivity contribution >= 4 is 17.5 Å². The molecule has 0 bridgehead atoms. The van der Waals surface area contributed by atoms with Gasteiger partial charge in [-0.15, -0.1) is 0 Å². The summed E-state index contributed by atoms with van der Waals surface area (Å²) >= 11 is 0. The molecule has 0 aromatic carbocycles. The standard InChI is InChI=1S/C11H11N5O/c1-12-9-3-6-13-7-8(9)10(17)16-11-14-4-2-5-15-11/h2-7H,1H3,(H,12,13)(H,14,15,16,17). The third-order valence-corrected chi connectivity index (χ3v) is 2.13. The van der Waals surface area contributed by atoms with Gasteiger partial charge < -0.3 is 5.32 Å². The third-order valence-electron chi connectivity index (χ3n) is 2.13. The minimum Gasteiger partial charge on any atom is -0.387 e. The van der Waals surface area contributed by atoms with E-state index in [2.05, 4.69) is 25.6 Å². The van der Waals surface area contributed by atoms with Crippen molar-refractivity contribution in [2.75, 3.05) is 17.7 Å². The van der Waals surface area contributed by atoms with E-state index in [4.69, 9.17) is 0 Å². The summed E-state index contributed by atoms with van der Waals surface area (Å²) in [4.78, 5) is 23.7. The summed E-state index contributed by atoms with van der Waals surface area (Å²) in [6.45, 7) is 0. The highest BCUT2D eigenvalue weighted by Gasteiger charge is 2.11. The first-order valence-corrected chi connectivity index (χ1v) is 5.01. The Balaban J connectivity index is 2.20. The summed E-state index contributed by atoms with van der Waals surface area (Å²) in [5, 5.41) is 5.51. The number of carbonyl (C=O) groups is 1. The maximum Gasteiger partial charge on any atom is 0.261 e. The Morgan fingerprint density at radius 3 is 2.71 bits per heavy atom. The fraction of sp³-hybridized carbons (Fsp3) is 0.0909. The molecule has 0 saturated heterocycles. The summed E-state index contributed by atoms with van der Waals surface area (Å²) in [7, 11) is 1.74. The number of rotatable bonds is 3. The molecule has 0 atom stereocenters. The van der Waals surface area contributed by atoms with Gasteiger partial charge in [-0.2, -0.15) is 0 Å². The Morgan fingerprint density at radius 2 is 2.00 bits per heavy atom. The highest BCUT2D eigenvalue weighted by molar-refractivity contribution is 6.06. The molecule has 0 fully saturated rings. The molecule has 6 heteroatoms. The van der Waals surface area contributed by atoms with E-state index in [0.29, 0.717) is 11.3 Å². The van der Waals surface area contributed by atoms with E-state index in [1.54, 1.807) is 37.8 Å². The van der Waals surface area contributed by atoms with Crippen molar-refractivity contribution < 1.29 is 4.79 Å². The molecule has 17 heavy (non-hydrogen) atoms. The van der Waals surface area contributed by atoms with Gasteiger partial charge in [-0.3, -0.25) is 15.1 Å². The van der Waals surface area contributed by atoms with E-state index in [-0.39, 0.29) is 11.9 Å². The molecule has 0 aliphatic rings. The van der Waals surface area contributed by atoms with Crippen LogP contribution in [-0.2, 0) is 0 Å². The van der Waals surface area contributed by atoms with Crippen LogP contribution < -0.4 is 10.6 Å². The highest BCUT2D eigenvalue weighted by Crippen LogP contribution is 2.13. The number of nitrogens with one attached hydrogen (secondary N) is 2. The van der Waals surface area contributed by atoms with Crippen LogP contribution in [0.5, 0.6) is 0 Å². The fourth-order valence-electron chi connectivity index (χ4n) is 1.33. The largest absolute Gasteiger partial charge is 0.387 e. The van der Waals surface area contributed by atoms with Crippen LogP contribution in [0.15, 0.2) is 36.9 Å². The SMILES string of the molecule is CNc1ccncc1C(=O)Nc1ncccn1. The molecule has 0 spiro atoms. The quantitative estimate of drug-likeness (QED) is 0.825. The van der Waals surface area contributed by atoms with Gasteiger partial charge in [-0.25, -0.2) is 9.97 Å². The summed E-state index contributed by atoms with van der Waals surface area (Å²) in [6, 6.07) is 3.40. The van der Waals surface area contributed by atoms with Crippen molar-refractivity contribution in [3.63, 3.8) is 0 Å². The Morgan fingerprint density at radius 1 is 1.24 bits per heavy atom. The molecular formula is C11H11N5O. The van der Waals surface area contributed by atoms with Crippen LogP contribution in [0, 0.1) is 0 Å². The molecule has 0 radical (unpaired) electrons. The second-order valence-corrected chi connectivity index (χ2v) is 3.20. The maximum atomic E-state index is 11.9. The van der Waals surface area contributed by atoms with E-state index in [1.165, 1.54) is 6.20 Å². The van der Waals surface area contributed by atoms with Gasteiger partial charge >= 0.3 is 0 Å². The van der Waals surface area contributed by atoms with Crippen LogP contribution >= 0.6 is 0 Å². The van der Waals surface area contributed by atoms with E-state index in [9.17, 15) is 4.79 Å². The van der Waals surface area contributed by atoms with Crippen molar-refractivity contribution in [2.24, 2.45) is 0 Å². The average molecular weight is 229 g/mol. The summed E-state index contributed by atoms with van der Waals surface area (Å²) < 4.78 is 0. The van der Waals surface area contributed by atoms with Gasteiger partial charge in [0.15, 0.2) is 0 Å². The van der Waals surface area contributed by atoms with Gasteiger partial charge in [0.2, 0.25) is 5.95 Å². The maximum absolute atomic E-state index is 11.9. The Kier molecular flexibility index (Phi) is 3.25. The van der Waals surface area contributed by atoms with Gasteiger partial charge in [0.1, 0.15) is 0 Å². The zero-order valence-electron chi connectivity index (χ0n) is 9.21. The minimum absolute atomic E-state index is 0.267. The monoisotopic (exact) mass is 229 g/mol. The lowest BCUT2D eigenvalue weighted by molar-refractivity contribution is 0.102. The van der Waals surface area contributed by atoms with Gasteiger partial charge in [0.05, 0.1) is 5.56 Å². The molecule has 2 N–H and O–H groups in total. The Hall–Kier alpha value is -2.50. The first kappa shape index (κ1) is 11.0. The molecule has 2 heterocycles. The molecule has 1 amide bonds. The second-order valence-electron chi connectivity index (χ2n) is 3.20. The van der Waals surface area contributed by atoms with Crippen molar-refractivity contribution in [3.05, 3.63) is 42.5 Å². The Bertz CT molecular complexity index is 514. The third kappa shape index (κ3) is 2.54. The van der Waals surface area contributed by atoms with Crippen molar-refractivity contribution in [1.82, 2.24) is 15.0 Å². The molecule has 0 aliphatic carbocycles. The zero-order valence-corrected chi connectivity index (χ0v) is 9.21. The minimum atomic E-state index is -0.298. The van der Waals surface area contributed by atoms with Crippen LogP contribution in [0.4, 0.5) is 11.6 Å². The van der Waals surface area contributed by atoms with Crippen molar-refractivity contribution in [3.8, 4) is 0 Å². The van der Waals surface area contributed by atoms with Gasteiger partial charge in [0, 0.05) is 37.5 Å². The lowest BCUT2D eigenvalue weighted by atomic mass is 10.2. The number of pyridine rings is 1. The topological polar surface area (TPSA) is 79.8 Å². The number of nitrogens with zero attached hydrogens (tertiary/aromatic N) is 3. The van der Waals surface area contributed by atoms with Crippen LogP contribution in [-0.4, -0.2) is 27.9 Å².